The van der Waals surface area contributed by atoms with E-state index in [1.54, 1.807) is 23.5 Å². The van der Waals surface area contributed by atoms with Gasteiger partial charge in [0.2, 0.25) is 5.91 Å². The SMILES string of the molecule is O=C(CCOc1ccc(F)cc1)N1CCCC1c1cccs1. The Morgan fingerprint density at radius 3 is 2.86 bits per heavy atom. The zero-order valence-electron chi connectivity index (χ0n) is 12.2. The number of ether oxygens (including phenoxy) is 1. The first-order chi connectivity index (χ1) is 10.7. The number of thiophene rings is 1. The van der Waals surface area contributed by atoms with Crippen molar-refractivity contribution in [1.29, 1.82) is 0 Å². The van der Waals surface area contributed by atoms with Crippen LogP contribution in [0.1, 0.15) is 30.2 Å². The molecule has 0 saturated carbocycles. The molecule has 0 spiro atoms. The summed E-state index contributed by atoms with van der Waals surface area (Å²) >= 11 is 1.70. The second-order valence-electron chi connectivity index (χ2n) is 5.31. The predicted molar refractivity (Wildman–Crippen MR) is 84.5 cm³/mol. The Labute approximate surface area is 133 Å². The van der Waals surface area contributed by atoms with Crippen LogP contribution in [-0.4, -0.2) is 24.0 Å². The van der Waals surface area contributed by atoms with Crippen molar-refractivity contribution in [3.05, 3.63) is 52.5 Å². The van der Waals surface area contributed by atoms with Crippen LogP contribution in [0.5, 0.6) is 5.75 Å². The fourth-order valence-electron chi connectivity index (χ4n) is 2.77. The number of amides is 1. The summed E-state index contributed by atoms with van der Waals surface area (Å²) in [4.78, 5) is 15.6. The molecule has 2 aromatic rings. The number of halogens is 1. The molecule has 1 aromatic heterocycles. The van der Waals surface area contributed by atoms with E-state index in [4.69, 9.17) is 4.74 Å². The van der Waals surface area contributed by atoms with Gasteiger partial charge in [0.1, 0.15) is 11.6 Å². The maximum absolute atomic E-state index is 12.8. The van der Waals surface area contributed by atoms with Crippen molar-refractivity contribution in [2.24, 2.45) is 0 Å². The zero-order valence-corrected chi connectivity index (χ0v) is 13.0. The molecule has 0 radical (unpaired) electrons. The standard InChI is InChI=1S/C17H18FNO2S/c18-13-5-7-14(8-6-13)21-11-9-17(20)19-10-1-3-15(19)16-4-2-12-22-16/h2,4-8,12,15H,1,3,9-11H2. The molecule has 22 heavy (non-hydrogen) atoms. The highest BCUT2D eigenvalue weighted by Crippen LogP contribution is 2.34. The van der Waals surface area contributed by atoms with Crippen molar-refractivity contribution < 1.29 is 13.9 Å². The van der Waals surface area contributed by atoms with Crippen molar-refractivity contribution in [3.63, 3.8) is 0 Å². The molecule has 0 N–H and O–H groups in total. The largest absolute Gasteiger partial charge is 0.493 e. The third-order valence-corrected chi connectivity index (χ3v) is 4.82. The first-order valence-electron chi connectivity index (χ1n) is 7.45. The highest BCUT2D eigenvalue weighted by molar-refractivity contribution is 7.10. The summed E-state index contributed by atoms with van der Waals surface area (Å²) in [5, 5.41) is 2.05. The summed E-state index contributed by atoms with van der Waals surface area (Å²) in [6.45, 7) is 1.13. The van der Waals surface area contributed by atoms with Crippen molar-refractivity contribution in [2.75, 3.05) is 13.2 Å². The molecule has 3 nitrogen and oxygen atoms in total. The molecule has 116 valence electrons. The number of rotatable bonds is 5. The quantitative estimate of drug-likeness (QED) is 0.833. The lowest BCUT2D eigenvalue weighted by Crippen LogP contribution is -2.31. The van der Waals surface area contributed by atoms with E-state index in [1.807, 2.05) is 16.3 Å². The molecule has 1 aromatic carbocycles. The average Bonchev–Trinajstić information content (AvgIpc) is 3.19. The molecule has 2 heterocycles. The number of carbonyl (C=O) groups excluding carboxylic acids is 1. The van der Waals surface area contributed by atoms with Gasteiger partial charge < -0.3 is 9.64 Å². The molecule has 1 fully saturated rings. The molecule has 1 unspecified atom stereocenters. The second kappa shape index (κ2) is 6.92. The maximum Gasteiger partial charge on any atom is 0.226 e. The van der Waals surface area contributed by atoms with Gasteiger partial charge >= 0.3 is 0 Å². The van der Waals surface area contributed by atoms with E-state index < -0.39 is 0 Å². The lowest BCUT2D eigenvalue weighted by molar-refractivity contribution is -0.132. The average molecular weight is 319 g/mol. The third-order valence-electron chi connectivity index (χ3n) is 3.84. The van der Waals surface area contributed by atoms with Gasteiger partial charge in [-0.25, -0.2) is 4.39 Å². The molecule has 1 saturated heterocycles. The fraction of sp³-hybridized carbons (Fsp3) is 0.353. The van der Waals surface area contributed by atoms with Gasteiger partial charge in [0.15, 0.2) is 0 Å². The van der Waals surface area contributed by atoms with Crippen LogP contribution in [0, 0.1) is 5.82 Å². The number of carbonyl (C=O) groups is 1. The monoisotopic (exact) mass is 319 g/mol. The van der Waals surface area contributed by atoms with Crippen LogP contribution >= 0.6 is 11.3 Å². The summed E-state index contributed by atoms with van der Waals surface area (Å²) in [6.07, 6.45) is 2.43. The zero-order chi connectivity index (χ0) is 15.4. The molecule has 1 amide bonds. The highest BCUT2D eigenvalue weighted by atomic mass is 32.1. The predicted octanol–water partition coefficient (Wildman–Crippen LogP) is 4.02. The van der Waals surface area contributed by atoms with Gasteiger partial charge in [0.05, 0.1) is 19.1 Å². The summed E-state index contributed by atoms with van der Waals surface area (Å²) in [5.74, 6) is 0.419. The number of hydrogen-bond acceptors (Lipinski definition) is 3. The minimum absolute atomic E-state index is 0.123. The fourth-order valence-corrected chi connectivity index (χ4v) is 3.65. The molecule has 0 bridgehead atoms. The van der Waals surface area contributed by atoms with E-state index in [1.165, 1.54) is 17.0 Å². The smallest absolute Gasteiger partial charge is 0.226 e. The van der Waals surface area contributed by atoms with E-state index in [2.05, 4.69) is 6.07 Å². The summed E-state index contributed by atoms with van der Waals surface area (Å²) < 4.78 is 18.3. The van der Waals surface area contributed by atoms with Crippen molar-refractivity contribution >= 4 is 17.2 Å². The van der Waals surface area contributed by atoms with Crippen LogP contribution in [0.3, 0.4) is 0 Å². The van der Waals surface area contributed by atoms with Crippen molar-refractivity contribution in [2.45, 2.75) is 25.3 Å². The summed E-state index contributed by atoms with van der Waals surface area (Å²) in [5.41, 5.74) is 0. The summed E-state index contributed by atoms with van der Waals surface area (Å²) in [7, 11) is 0. The van der Waals surface area contributed by atoms with Crippen LogP contribution < -0.4 is 4.74 Å². The van der Waals surface area contributed by atoms with E-state index >= 15 is 0 Å². The lowest BCUT2D eigenvalue weighted by Gasteiger charge is -2.24. The van der Waals surface area contributed by atoms with E-state index in [-0.39, 0.29) is 17.8 Å². The Kier molecular flexibility index (Phi) is 4.73. The Balaban J connectivity index is 1.52. The molecule has 1 aliphatic heterocycles. The van der Waals surface area contributed by atoms with Gasteiger partial charge in [-0.05, 0) is 48.6 Å². The molecular weight excluding hydrogens is 301 g/mol. The Hall–Kier alpha value is -1.88. The van der Waals surface area contributed by atoms with Gasteiger partial charge in [-0.1, -0.05) is 6.07 Å². The first-order valence-corrected chi connectivity index (χ1v) is 8.33. The number of likely N-dealkylation sites (tertiary alicyclic amines) is 1. The van der Waals surface area contributed by atoms with Crippen LogP contribution in [-0.2, 0) is 4.79 Å². The van der Waals surface area contributed by atoms with E-state index in [0.717, 1.165) is 19.4 Å². The van der Waals surface area contributed by atoms with Crippen LogP contribution in [0.2, 0.25) is 0 Å². The highest BCUT2D eigenvalue weighted by Gasteiger charge is 2.30. The van der Waals surface area contributed by atoms with Gasteiger partial charge in [0.25, 0.3) is 0 Å². The molecule has 0 aliphatic carbocycles. The first kappa shape index (κ1) is 15.0. The Bertz CT molecular complexity index is 612. The maximum atomic E-state index is 12.8. The third kappa shape index (κ3) is 3.47. The van der Waals surface area contributed by atoms with Crippen LogP contribution in [0.4, 0.5) is 4.39 Å². The number of hydrogen-bond donors (Lipinski definition) is 0. The molecule has 3 rings (SSSR count). The van der Waals surface area contributed by atoms with Crippen LogP contribution in [0.15, 0.2) is 41.8 Å². The van der Waals surface area contributed by atoms with E-state index in [9.17, 15) is 9.18 Å². The molecule has 1 aliphatic rings. The lowest BCUT2D eigenvalue weighted by atomic mass is 10.2. The van der Waals surface area contributed by atoms with Gasteiger partial charge in [0, 0.05) is 11.4 Å². The topological polar surface area (TPSA) is 29.5 Å². The second-order valence-corrected chi connectivity index (χ2v) is 6.29. The van der Waals surface area contributed by atoms with E-state index in [0.29, 0.717) is 18.8 Å². The Morgan fingerprint density at radius 1 is 1.32 bits per heavy atom. The van der Waals surface area contributed by atoms with Crippen molar-refractivity contribution in [1.82, 2.24) is 4.90 Å². The van der Waals surface area contributed by atoms with Crippen LogP contribution in [0.25, 0.3) is 0 Å². The number of nitrogens with zero attached hydrogens (tertiary/aromatic N) is 1. The van der Waals surface area contributed by atoms with Gasteiger partial charge in [-0.3, -0.25) is 4.79 Å². The van der Waals surface area contributed by atoms with Crippen molar-refractivity contribution in [3.8, 4) is 5.75 Å². The van der Waals surface area contributed by atoms with Gasteiger partial charge in [-0.2, -0.15) is 0 Å². The normalized spacial score (nSPS) is 17.7. The summed E-state index contributed by atoms with van der Waals surface area (Å²) in [6, 6.07) is 10.2. The minimum atomic E-state index is -0.292. The molecule has 1 atom stereocenters. The molecule has 5 heteroatoms. The van der Waals surface area contributed by atoms with Gasteiger partial charge in [-0.15, -0.1) is 11.3 Å². The Morgan fingerprint density at radius 2 is 2.14 bits per heavy atom. The molecular formula is C17H18FNO2S. The minimum Gasteiger partial charge on any atom is -0.493 e. The number of benzene rings is 1.